The molecule has 0 amide bonds. The first kappa shape index (κ1) is 17.5. The number of hydrogen-bond donors (Lipinski definition) is 2. The Kier molecular flexibility index (Phi) is 4.98. The summed E-state index contributed by atoms with van der Waals surface area (Å²) in [5, 5.41) is 22.2. The molecular weight excluding hydrogens is 368 g/mol. The highest BCUT2D eigenvalue weighted by molar-refractivity contribution is 7.11. The first-order chi connectivity index (χ1) is 12.6. The lowest BCUT2D eigenvalue weighted by Crippen LogP contribution is -2.35. The zero-order chi connectivity index (χ0) is 18.1. The molecular formula is C19H21ClN4OS. The van der Waals surface area contributed by atoms with Crippen molar-refractivity contribution in [2.75, 3.05) is 32.7 Å². The molecule has 0 unspecified atom stereocenters. The average molecular weight is 389 g/mol. The topological polar surface area (TPSA) is 63.5 Å². The second-order valence-corrected chi connectivity index (χ2v) is 7.92. The fourth-order valence-electron chi connectivity index (χ4n) is 3.50. The molecule has 3 heterocycles. The van der Waals surface area contributed by atoms with E-state index >= 15 is 0 Å². The standard InChI is InChI=1S/C19H21ClN4OS/c20-14-6-2-1-5-13(14)15-12-26-19(22-15)17-16(25)11-24(18(17)21)10-9-23-7-3-4-8-23/h1-2,5-6,12,21,25H,3-4,7-11H2. The quantitative estimate of drug-likeness (QED) is 0.808. The lowest BCUT2D eigenvalue weighted by atomic mass is 10.2. The van der Waals surface area contributed by atoms with Gasteiger partial charge in [0.05, 0.1) is 17.8 Å². The Balaban J connectivity index is 1.50. The SMILES string of the molecule is N=C1C(c2nc(-c3ccccc3Cl)cs2)=C(O)CN1CCN1CCCC1. The van der Waals surface area contributed by atoms with Gasteiger partial charge in [-0.2, -0.15) is 0 Å². The number of nitrogens with one attached hydrogen (secondary N) is 1. The van der Waals surface area contributed by atoms with Gasteiger partial charge in [0, 0.05) is 29.1 Å². The predicted octanol–water partition coefficient (Wildman–Crippen LogP) is 4.12. The monoisotopic (exact) mass is 388 g/mol. The lowest BCUT2D eigenvalue weighted by Gasteiger charge is -2.22. The third-order valence-corrected chi connectivity index (χ3v) is 6.12. The molecule has 7 heteroatoms. The van der Waals surface area contributed by atoms with Crippen LogP contribution in [-0.4, -0.2) is 58.4 Å². The number of amidine groups is 1. The highest BCUT2D eigenvalue weighted by Crippen LogP contribution is 2.34. The second kappa shape index (κ2) is 7.39. The maximum absolute atomic E-state index is 10.4. The van der Waals surface area contributed by atoms with E-state index in [0.29, 0.717) is 28.0 Å². The summed E-state index contributed by atoms with van der Waals surface area (Å²) >= 11 is 7.70. The van der Waals surface area contributed by atoms with E-state index in [-0.39, 0.29) is 5.76 Å². The number of hydrogen-bond acceptors (Lipinski definition) is 5. The number of aromatic nitrogens is 1. The highest BCUT2D eigenvalue weighted by Gasteiger charge is 2.30. The highest BCUT2D eigenvalue weighted by atomic mass is 35.5. The van der Waals surface area contributed by atoms with Crippen LogP contribution in [0.1, 0.15) is 17.8 Å². The molecule has 1 aromatic heterocycles. The molecule has 2 aliphatic heterocycles. The van der Waals surface area contributed by atoms with Gasteiger partial charge in [0.1, 0.15) is 16.6 Å². The van der Waals surface area contributed by atoms with Crippen LogP contribution in [0.4, 0.5) is 0 Å². The molecule has 2 N–H and O–H groups in total. The molecule has 1 aromatic carbocycles. The van der Waals surface area contributed by atoms with Gasteiger partial charge in [-0.3, -0.25) is 5.41 Å². The van der Waals surface area contributed by atoms with E-state index in [1.54, 1.807) is 0 Å². The van der Waals surface area contributed by atoms with Crippen LogP contribution in [0.25, 0.3) is 16.8 Å². The van der Waals surface area contributed by atoms with Crippen molar-refractivity contribution in [1.82, 2.24) is 14.8 Å². The van der Waals surface area contributed by atoms with Crippen LogP contribution in [0.2, 0.25) is 5.02 Å². The van der Waals surface area contributed by atoms with Gasteiger partial charge in [0.15, 0.2) is 0 Å². The predicted molar refractivity (Wildman–Crippen MR) is 107 cm³/mol. The molecule has 0 radical (unpaired) electrons. The van der Waals surface area contributed by atoms with Gasteiger partial charge in [-0.05, 0) is 32.0 Å². The van der Waals surface area contributed by atoms with Crippen LogP contribution in [-0.2, 0) is 0 Å². The van der Waals surface area contributed by atoms with Crippen molar-refractivity contribution in [3.05, 3.63) is 45.4 Å². The van der Waals surface area contributed by atoms with E-state index in [0.717, 1.165) is 37.4 Å². The van der Waals surface area contributed by atoms with Crippen molar-refractivity contribution in [2.24, 2.45) is 0 Å². The van der Waals surface area contributed by atoms with Gasteiger partial charge in [-0.25, -0.2) is 4.98 Å². The van der Waals surface area contributed by atoms with Crippen LogP contribution in [0.5, 0.6) is 0 Å². The Labute approximate surface area is 162 Å². The van der Waals surface area contributed by atoms with Crippen LogP contribution in [0, 0.1) is 5.41 Å². The van der Waals surface area contributed by atoms with Crippen LogP contribution >= 0.6 is 22.9 Å². The van der Waals surface area contributed by atoms with Gasteiger partial charge in [-0.15, -0.1) is 11.3 Å². The number of halogens is 1. The maximum atomic E-state index is 10.4. The minimum absolute atomic E-state index is 0.233. The molecule has 136 valence electrons. The van der Waals surface area contributed by atoms with E-state index in [1.165, 1.54) is 24.2 Å². The van der Waals surface area contributed by atoms with Crippen LogP contribution < -0.4 is 0 Å². The largest absolute Gasteiger partial charge is 0.510 e. The fourth-order valence-corrected chi connectivity index (χ4v) is 4.62. The molecule has 0 saturated carbocycles. The Morgan fingerprint density at radius 2 is 1.96 bits per heavy atom. The molecule has 0 spiro atoms. The van der Waals surface area contributed by atoms with Crippen LogP contribution in [0.15, 0.2) is 35.4 Å². The van der Waals surface area contributed by atoms with Gasteiger partial charge >= 0.3 is 0 Å². The van der Waals surface area contributed by atoms with E-state index < -0.39 is 0 Å². The van der Waals surface area contributed by atoms with Gasteiger partial charge in [-0.1, -0.05) is 29.8 Å². The number of thiazole rings is 1. The summed E-state index contributed by atoms with van der Waals surface area (Å²) in [6.07, 6.45) is 2.52. The Morgan fingerprint density at radius 1 is 1.19 bits per heavy atom. The first-order valence-corrected chi connectivity index (χ1v) is 10.1. The molecule has 0 aliphatic carbocycles. The molecule has 26 heavy (non-hydrogen) atoms. The number of aliphatic hydroxyl groups is 1. The second-order valence-electron chi connectivity index (χ2n) is 6.66. The lowest BCUT2D eigenvalue weighted by molar-refractivity contribution is 0.285. The summed E-state index contributed by atoms with van der Waals surface area (Å²) in [5.41, 5.74) is 2.20. The summed E-state index contributed by atoms with van der Waals surface area (Å²) < 4.78 is 0. The molecule has 0 bridgehead atoms. The Morgan fingerprint density at radius 3 is 2.73 bits per heavy atom. The van der Waals surface area contributed by atoms with E-state index in [1.807, 2.05) is 34.5 Å². The molecule has 5 nitrogen and oxygen atoms in total. The van der Waals surface area contributed by atoms with E-state index in [4.69, 9.17) is 17.0 Å². The van der Waals surface area contributed by atoms with Crippen molar-refractivity contribution in [3.8, 4) is 11.3 Å². The summed E-state index contributed by atoms with van der Waals surface area (Å²) in [5.74, 6) is 0.596. The molecule has 1 fully saturated rings. The van der Waals surface area contributed by atoms with Crippen LogP contribution in [0.3, 0.4) is 0 Å². The normalized spacial score (nSPS) is 18.3. The fraction of sp³-hybridized carbons (Fsp3) is 0.368. The average Bonchev–Trinajstić information content (AvgIpc) is 3.35. The summed E-state index contributed by atoms with van der Waals surface area (Å²) in [6.45, 7) is 4.37. The molecule has 1 saturated heterocycles. The summed E-state index contributed by atoms with van der Waals surface area (Å²) in [6, 6.07) is 7.58. The minimum atomic E-state index is 0.233. The van der Waals surface area contributed by atoms with Crippen molar-refractivity contribution in [1.29, 1.82) is 5.41 Å². The first-order valence-electron chi connectivity index (χ1n) is 8.82. The zero-order valence-electron chi connectivity index (χ0n) is 14.4. The molecule has 0 atom stereocenters. The Bertz CT molecular complexity index is 857. The van der Waals surface area contributed by atoms with E-state index in [9.17, 15) is 5.11 Å². The third kappa shape index (κ3) is 3.37. The number of likely N-dealkylation sites (tertiary alicyclic amines) is 1. The summed E-state index contributed by atoms with van der Waals surface area (Å²) in [7, 11) is 0. The van der Waals surface area contributed by atoms with Crippen molar-refractivity contribution < 1.29 is 5.11 Å². The number of nitrogens with zero attached hydrogens (tertiary/aromatic N) is 3. The molecule has 4 rings (SSSR count). The number of rotatable bonds is 5. The summed E-state index contributed by atoms with van der Waals surface area (Å²) in [4.78, 5) is 8.98. The smallest absolute Gasteiger partial charge is 0.135 e. The van der Waals surface area contributed by atoms with E-state index in [2.05, 4.69) is 9.88 Å². The van der Waals surface area contributed by atoms with Gasteiger partial charge in [0.2, 0.25) is 0 Å². The van der Waals surface area contributed by atoms with Gasteiger partial charge < -0.3 is 14.9 Å². The van der Waals surface area contributed by atoms with Crippen molar-refractivity contribution in [3.63, 3.8) is 0 Å². The van der Waals surface area contributed by atoms with Crippen molar-refractivity contribution >= 4 is 34.3 Å². The number of aliphatic hydroxyl groups excluding tert-OH is 1. The maximum Gasteiger partial charge on any atom is 0.135 e. The van der Waals surface area contributed by atoms with Crippen molar-refractivity contribution in [2.45, 2.75) is 12.8 Å². The third-order valence-electron chi connectivity index (χ3n) is 4.93. The Hall–Kier alpha value is -1.89. The zero-order valence-corrected chi connectivity index (χ0v) is 16.0. The molecule has 2 aromatic rings. The number of benzene rings is 1. The van der Waals surface area contributed by atoms with Gasteiger partial charge in [0.25, 0.3) is 0 Å². The minimum Gasteiger partial charge on any atom is -0.510 e. The molecule has 2 aliphatic rings.